The van der Waals surface area contributed by atoms with E-state index < -0.39 is 0 Å². The zero-order valence-electron chi connectivity index (χ0n) is 16.7. The number of halogens is 1. The molecule has 0 saturated carbocycles. The molecule has 1 saturated heterocycles. The second kappa shape index (κ2) is 9.28. The largest absolute Gasteiger partial charge is 0.339 e. The summed E-state index contributed by atoms with van der Waals surface area (Å²) in [4.78, 5) is 29.2. The number of hydrogen-bond acceptors (Lipinski definition) is 3. The van der Waals surface area contributed by atoms with Gasteiger partial charge in [0.2, 0.25) is 5.91 Å². The molecule has 4 rings (SSSR count). The average molecular weight is 422 g/mol. The molecule has 3 aromatic rings. The molecule has 0 bridgehead atoms. The van der Waals surface area contributed by atoms with Crippen molar-refractivity contribution in [2.75, 3.05) is 32.7 Å². The minimum Gasteiger partial charge on any atom is -0.339 e. The van der Waals surface area contributed by atoms with Crippen LogP contribution in [0.15, 0.2) is 71.7 Å². The molecule has 0 atom stereocenters. The Morgan fingerprint density at radius 2 is 1.77 bits per heavy atom. The summed E-state index contributed by atoms with van der Waals surface area (Å²) in [6.07, 6.45) is 5.98. The Labute approximate surface area is 180 Å². The van der Waals surface area contributed by atoms with Gasteiger partial charge in [0.15, 0.2) is 5.43 Å². The lowest BCUT2D eigenvalue weighted by atomic mass is 10.2. The number of benzene rings is 2. The fraction of sp³-hybridized carbons (Fsp3) is 0.250. The predicted octanol–water partition coefficient (Wildman–Crippen LogP) is 3.51. The summed E-state index contributed by atoms with van der Waals surface area (Å²) in [5.74, 6) is 0.0642. The minimum atomic E-state index is -0.0895. The molecule has 1 aliphatic rings. The molecule has 154 valence electrons. The van der Waals surface area contributed by atoms with E-state index in [1.54, 1.807) is 24.4 Å². The first kappa shape index (κ1) is 20.4. The Kier molecular flexibility index (Phi) is 6.31. The van der Waals surface area contributed by atoms with Gasteiger partial charge in [-0.1, -0.05) is 54.1 Å². The normalized spacial score (nSPS) is 15.2. The zero-order chi connectivity index (χ0) is 20.9. The van der Waals surface area contributed by atoms with Crippen LogP contribution in [0.2, 0.25) is 5.02 Å². The van der Waals surface area contributed by atoms with Gasteiger partial charge in [0, 0.05) is 55.4 Å². The smallest absolute Gasteiger partial charge is 0.242 e. The van der Waals surface area contributed by atoms with Gasteiger partial charge in [-0.3, -0.25) is 14.5 Å². The lowest BCUT2D eigenvalue weighted by Crippen LogP contribution is -2.49. The molecule has 0 spiro atoms. The molecule has 30 heavy (non-hydrogen) atoms. The van der Waals surface area contributed by atoms with Crippen molar-refractivity contribution in [2.45, 2.75) is 6.54 Å². The highest BCUT2D eigenvalue weighted by Crippen LogP contribution is 2.17. The van der Waals surface area contributed by atoms with E-state index in [0.717, 1.165) is 25.2 Å². The van der Waals surface area contributed by atoms with E-state index in [9.17, 15) is 9.59 Å². The van der Waals surface area contributed by atoms with Crippen LogP contribution >= 0.6 is 11.6 Å². The van der Waals surface area contributed by atoms with Crippen LogP contribution in [0.3, 0.4) is 0 Å². The Balaban J connectivity index is 1.34. The third-order valence-corrected chi connectivity index (χ3v) is 5.68. The summed E-state index contributed by atoms with van der Waals surface area (Å²) in [6, 6.07) is 16.9. The predicted molar refractivity (Wildman–Crippen MR) is 122 cm³/mol. The standard InChI is InChI=1S/C24H24ClN3O2/c25-20-8-9-22-21(17-20)23(29)10-12-28(22)18-24(30)27-15-13-26(14-16-27)11-4-7-19-5-2-1-3-6-19/h1-10,12,17H,11,13-16,18H2/b7-4+. The topological polar surface area (TPSA) is 45.6 Å². The first-order chi connectivity index (χ1) is 14.6. The summed E-state index contributed by atoms with van der Waals surface area (Å²) in [6.45, 7) is 4.22. The first-order valence-corrected chi connectivity index (χ1v) is 10.5. The molecular weight excluding hydrogens is 398 g/mol. The quantitative estimate of drug-likeness (QED) is 0.633. The lowest BCUT2D eigenvalue weighted by molar-refractivity contribution is -0.133. The highest BCUT2D eigenvalue weighted by Gasteiger charge is 2.21. The molecule has 1 aliphatic heterocycles. The maximum atomic E-state index is 12.8. The number of fused-ring (bicyclic) bond motifs is 1. The molecule has 1 amide bonds. The van der Waals surface area contributed by atoms with Crippen LogP contribution in [0.25, 0.3) is 17.0 Å². The van der Waals surface area contributed by atoms with Gasteiger partial charge in [-0.2, -0.15) is 0 Å². The number of nitrogens with zero attached hydrogens (tertiary/aromatic N) is 3. The highest BCUT2D eigenvalue weighted by atomic mass is 35.5. The van der Waals surface area contributed by atoms with Crippen molar-refractivity contribution in [2.24, 2.45) is 0 Å². The fourth-order valence-electron chi connectivity index (χ4n) is 3.75. The lowest BCUT2D eigenvalue weighted by Gasteiger charge is -2.34. The third-order valence-electron chi connectivity index (χ3n) is 5.44. The molecule has 0 aliphatic carbocycles. The number of pyridine rings is 1. The SMILES string of the molecule is O=C(Cn1ccc(=O)c2cc(Cl)ccc21)N1CCN(C/C=C/c2ccccc2)CC1. The van der Waals surface area contributed by atoms with Crippen LogP contribution in [0, 0.1) is 0 Å². The summed E-state index contributed by atoms with van der Waals surface area (Å²) in [7, 11) is 0. The average Bonchev–Trinajstić information content (AvgIpc) is 2.77. The molecule has 5 nitrogen and oxygen atoms in total. The van der Waals surface area contributed by atoms with Crippen molar-refractivity contribution in [3.05, 3.63) is 87.7 Å². The maximum Gasteiger partial charge on any atom is 0.242 e. The summed E-state index contributed by atoms with van der Waals surface area (Å²) in [5, 5.41) is 1.05. The number of aromatic nitrogens is 1. The maximum absolute atomic E-state index is 12.8. The molecule has 0 radical (unpaired) electrons. The van der Waals surface area contributed by atoms with Gasteiger partial charge in [-0.05, 0) is 23.8 Å². The monoisotopic (exact) mass is 421 g/mol. The number of hydrogen-bond donors (Lipinski definition) is 0. The molecule has 0 unspecified atom stereocenters. The van der Waals surface area contributed by atoms with E-state index >= 15 is 0 Å². The molecule has 1 aromatic heterocycles. The summed E-state index contributed by atoms with van der Waals surface area (Å²) >= 11 is 6.02. The second-order valence-corrected chi connectivity index (χ2v) is 7.90. The van der Waals surface area contributed by atoms with E-state index in [4.69, 9.17) is 11.6 Å². The van der Waals surface area contributed by atoms with Crippen LogP contribution < -0.4 is 5.43 Å². The molecule has 1 fully saturated rings. The number of amides is 1. The van der Waals surface area contributed by atoms with Crippen molar-refractivity contribution in [1.82, 2.24) is 14.4 Å². The van der Waals surface area contributed by atoms with Crippen LogP contribution in [0.4, 0.5) is 0 Å². The zero-order valence-corrected chi connectivity index (χ0v) is 17.5. The van der Waals surface area contributed by atoms with Crippen molar-refractivity contribution in [3.63, 3.8) is 0 Å². The summed E-state index contributed by atoms with van der Waals surface area (Å²) in [5.41, 5.74) is 1.83. The van der Waals surface area contributed by atoms with E-state index in [-0.39, 0.29) is 17.9 Å². The highest BCUT2D eigenvalue weighted by molar-refractivity contribution is 6.31. The van der Waals surface area contributed by atoms with E-state index in [0.29, 0.717) is 23.5 Å². The molecular formula is C24H24ClN3O2. The van der Waals surface area contributed by atoms with Crippen LogP contribution in [-0.4, -0.2) is 53.0 Å². The van der Waals surface area contributed by atoms with Crippen molar-refractivity contribution in [3.8, 4) is 0 Å². The van der Waals surface area contributed by atoms with Crippen LogP contribution in [0.1, 0.15) is 5.56 Å². The van der Waals surface area contributed by atoms with Gasteiger partial charge >= 0.3 is 0 Å². The van der Waals surface area contributed by atoms with Gasteiger partial charge in [0.05, 0.1) is 5.52 Å². The molecule has 2 aromatic carbocycles. The van der Waals surface area contributed by atoms with E-state index in [1.807, 2.05) is 27.7 Å². The third kappa shape index (κ3) is 4.81. The number of piperazine rings is 1. The Morgan fingerprint density at radius 3 is 2.53 bits per heavy atom. The fourth-order valence-corrected chi connectivity index (χ4v) is 3.92. The van der Waals surface area contributed by atoms with Crippen LogP contribution in [-0.2, 0) is 11.3 Å². The number of carbonyl (C=O) groups excluding carboxylic acids is 1. The Morgan fingerprint density at radius 1 is 1.00 bits per heavy atom. The van der Waals surface area contributed by atoms with Crippen molar-refractivity contribution < 1.29 is 4.79 Å². The molecule has 6 heteroatoms. The molecule has 0 N–H and O–H groups in total. The van der Waals surface area contributed by atoms with Gasteiger partial charge in [-0.15, -0.1) is 0 Å². The Hall–Kier alpha value is -2.89. The van der Waals surface area contributed by atoms with Gasteiger partial charge in [0.25, 0.3) is 0 Å². The van der Waals surface area contributed by atoms with E-state index in [2.05, 4.69) is 29.2 Å². The van der Waals surface area contributed by atoms with Gasteiger partial charge in [0.1, 0.15) is 6.54 Å². The molecule has 2 heterocycles. The Bertz CT molecular complexity index is 1120. The van der Waals surface area contributed by atoms with Crippen LogP contribution in [0.5, 0.6) is 0 Å². The van der Waals surface area contributed by atoms with Gasteiger partial charge < -0.3 is 9.47 Å². The van der Waals surface area contributed by atoms with E-state index in [1.165, 1.54) is 11.6 Å². The minimum absolute atomic E-state index is 0.0642. The first-order valence-electron chi connectivity index (χ1n) is 10.1. The second-order valence-electron chi connectivity index (χ2n) is 7.46. The van der Waals surface area contributed by atoms with Crippen molar-refractivity contribution in [1.29, 1.82) is 0 Å². The number of carbonyl (C=O) groups is 1. The number of rotatable bonds is 5. The van der Waals surface area contributed by atoms with Gasteiger partial charge in [-0.25, -0.2) is 0 Å². The van der Waals surface area contributed by atoms with Crippen molar-refractivity contribution >= 4 is 34.5 Å². The summed E-state index contributed by atoms with van der Waals surface area (Å²) < 4.78 is 1.82.